The number of hydrogen-bond donors (Lipinski definition) is 1. The van der Waals surface area contributed by atoms with Crippen molar-refractivity contribution in [3.8, 4) is 5.69 Å². The smallest absolute Gasteiger partial charge is 0.251 e. The van der Waals surface area contributed by atoms with Gasteiger partial charge in [-0.2, -0.15) is 5.10 Å². The fourth-order valence-electron chi connectivity index (χ4n) is 3.21. The Hall–Kier alpha value is -1.79. The molecule has 0 bridgehead atoms. The summed E-state index contributed by atoms with van der Waals surface area (Å²) in [5.41, 5.74) is 4.23. The van der Waals surface area contributed by atoms with Gasteiger partial charge in [0, 0.05) is 18.8 Å². The average molecular weight is 321 g/mol. The van der Waals surface area contributed by atoms with Crippen molar-refractivity contribution < 1.29 is 13.9 Å². The maximum atomic E-state index is 12.7. The molecule has 6 heteroatoms. The van der Waals surface area contributed by atoms with Crippen molar-refractivity contribution in [2.24, 2.45) is 0 Å². The van der Waals surface area contributed by atoms with E-state index in [-0.39, 0.29) is 19.7 Å². The van der Waals surface area contributed by atoms with Crippen LogP contribution in [0.4, 0.5) is 8.78 Å². The molecule has 0 atom stereocenters. The van der Waals surface area contributed by atoms with E-state index < -0.39 is 6.43 Å². The molecule has 1 aliphatic rings. The minimum absolute atomic E-state index is 0.131. The van der Waals surface area contributed by atoms with Gasteiger partial charge in [0.25, 0.3) is 6.43 Å². The molecular formula is C17H21F2N3O. The number of benzene rings is 1. The first kappa shape index (κ1) is 16.1. The highest BCUT2D eigenvalue weighted by atomic mass is 19.3. The number of aromatic nitrogens is 2. The number of aliphatic hydroxyl groups excluding tert-OH is 1. The molecule has 1 aromatic carbocycles. The molecule has 0 unspecified atom stereocenters. The molecule has 0 aliphatic heterocycles. The van der Waals surface area contributed by atoms with Gasteiger partial charge in [-0.15, -0.1) is 0 Å². The second-order valence-electron chi connectivity index (χ2n) is 5.82. The largest absolute Gasteiger partial charge is 0.395 e. The lowest BCUT2D eigenvalue weighted by molar-refractivity contribution is 0.0738. The summed E-state index contributed by atoms with van der Waals surface area (Å²) in [6.45, 7) is 0.117. The lowest BCUT2D eigenvalue weighted by Crippen LogP contribution is -2.31. The minimum atomic E-state index is -2.41. The summed E-state index contributed by atoms with van der Waals surface area (Å²) in [6.07, 6.45) is 0.568. The van der Waals surface area contributed by atoms with Crippen molar-refractivity contribution in [2.75, 3.05) is 19.7 Å². The molecule has 0 saturated carbocycles. The van der Waals surface area contributed by atoms with Crippen molar-refractivity contribution in [2.45, 2.75) is 32.2 Å². The minimum Gasteiger partial charge on any atom is -0.395 e. The lowest BCUT2D eigenvalue weighted by Gasteiger charge is -2.20. The van der Waals surface area contributed by atoms with Crippen LogP contribution in [0.1, 0.15) is 23.4 Å². The zero-order valence-corrected chi connectivity index (χ0v) is 13.0. The van der Waals surface area contributed by atoms with Crippen LogP contribution in [0.25, 0.3) is 5.69 Å². The number of hydrogen-bond acceptors (Lipinski definition) is 3. The summed E-state index contributed by atoms with van der Waals surface area (Å²) in [6, 6.07) is 9.89. The molecule has 3 rings (SSSR count). The molecule has 1 aromatic heterocycles. The van der Waals surface area contributed by atoms with Crippen LogP contribution in [0, 0.1) is 0 Å². The van der Waals surface area contributed by atoms with Crippen LogP contribution in [-0.2, 0) is 19.4 Å². The maximum Gasteiger partial charge on any atom is 0.251 e. The number of rotatable bonds is 7. The summed E-state index contributed by atoms with van der Waals surface area (Å²) in [7, 11) is 0. The summed E-state index contributed by atoms with van der Waals surface area (Å²) in [5, 5.41) is 13.8. The number of fused-ring (bicyclic) bond motifs is 1. The molecule has 1 N–H and O–H groups in total. The van der Waals surface area contributed by atoms with Crippen molar-refractivity contribution in [1.29, 1.82) is 0 Å². The summed E-state index contributed by atoms with van der Waals surface area (Å²) < 4.78 is 27.4. The molecule has 0 saturated heterocycles. The third kappa shape index (κ3) is 3.59. The van der Waals surface area contributed by atoms with Crippen molar-refractivity contribution in [3.63, 3.8) is 0 Å². The molecule has 4 nitrogen and oxygen atoms in total. The predicted octanol–water partition coefficient (Wildman–Crippen LogP) is 2.42. The first-order valence-corrected chi connectivity index (χ1v) is 7.95. The topological polar surface area (TPSA) is 41.3 Å². The van der Waals surface area contributed by atoms with E-state index in [1.54, 1.807) is 4.90 Å². The SMILES string of the molecule is OCCN(Cc1nn(-c2ccccc2)c2c1CCC2)CC(F)F. The molecule has 124 valence electrons. The van der Waals surface area contributed by atoms with E-state index in [1.165, 1.54) is 11.3 Å². The van der Waals surface area contributed by atoms with Gasteiger partial charge in [-0.05, 0) is 37.0 Å². The number of alkyl halides is 2. The van der Waals surface area contributed by atoms with Gasteiger partial charge in [-0.1, -0.05) is 18.2 Å². The summed E-state index contributed by atoms with van der Waals surface area (Å²) in [4.78, 5) is 1.57. The van der Waals surface area contributed by atoms with Gasteiger partial charge in [-0.25, -0.2) is 13.5 Å². The monoisotopic (exact) mass is 321 g/mol. The average Bonchev–Trinajstić information content (AvgIpc) is 3.11. The predicted molar refractivity (Wildman–Crippen MR) is 84.0 cm³/mol. The fourth-order valence-corrected chi connectivity index (χ4v) is 3.21. The highest BCUT2D eigenvalue weighted by Crippen LogP contribution is 2.28. The highest BCUT2D eigenvalue weighted by Gasteiger charge is 2.24. The van der Waals surface area contributed by atoms with E-state index in [1.807, 2.05) is 35.0 Å². The van der Waals surface area contributed by atoms with Gasteiger partial charge in [0.2, 0.25) is 0 Å². The molecule has 0 amide bonds. The van der Waals surface area contributed by atoms with Crippen LogP contribution >= 0.6 is 0 Å². The first-order valence-electron chi connectivity index (χ1n) is 7.95. The summed E-state index contributed by atoms with van der Waals surface area (Å²) >= 11 is 0. The fraction of sp³-hybridized carbons (Fsp3) is 0.471. The first-order chi connectivity index (χ1) is 11.2. The van der Waals surface area contributed by atoms with Crippen LogP contribution in [0.5, 0.6) is 0 Å². The normalized spacial score (nSPS) is 14.0. The van der Waals surface area contributed by atoms with Gasteiger partial charge in [0.15, 0.2) is 0 Å². The van der Waals surface area contributed by atoms with E-state index in [0.29, 0.717) is 6.54 Å². The Morgan fingerprint density at radius 3 is 2.70 bits per heavy atom. The van der Waals surface area contributed by atoms with Crippen LogP contribution < -0.4 is 0 Å². The van der Waals surface area contributed by atoms with Crippen molar-refractivity contribution >= 4 is 0 Å². The molecule has 23 heavy (non-hydrogen) atoms. The molecule has 2 aromatic rings. The van der Waals surface area contributed by atoms with Crippen LogP contribution in [0.2, 0.25) is 0 Å². The Labute approximate surface area is 134 Å². The second-order valence-corrected chi connectivity index (χ2v) is 5.82. The van der Waals surface area contributed by atoms with Gasteiger partial charge >= 0.3 is 0 Å². The Balaban J connectivity index is 1.88. The third-order valence-electron chi connectivity index (χ3n) is 4.20. The van der Waals surface area contributed by atoms with Crippen LogP contribution in [0.15, 0.2) is 30.3 Å². The van der Waals surface area contributed by atoms with Gasteiger partial charge in [-0.3, -0.25) is 4.90 Å². The van der Waals surface area contributed by atoms with E-state index in [2.05, 4.69) is 5.10 Å². The third-order valence-corrected chi connectivity index (χ3v) is 4.20. The Bertz CT molecular complexity index is 643. The molecule has 0 fully saturated rings. The number of aliphatic hydroxyl groups is 1. The van der Waals surface area contributed by atoms with Crippen molar-refractivity contribution in [1.82, 2.24) is 14.7 Å². The quantitative estimate of drug-likeness (QED) is 0.851. The number of para-hydroxylation sites is 1. The zero-order chi connectivity index (χ0) is 16.2. The van der Waals surface area contributed by atoms with Gasteiger partial charge in [0.1, 0.15) is 0 Å². The van der Waals surface area contributed by atoms with E-state index in [0.717, 1.165) is 30.6 Å². The highest BCUT2D eigenvalue weighted by molar-refractivity contribution is 5.39. The lowest BCUT2D eigenvalue weighted by atomic mass is 10.2. The maximum absolute atomic E-state index is 12.7. The standard InChI is InChI=1S/C17H21F2N3O/c18-17(19)12-21(9-10-23)11-15-14-7-4-8-16(14)22(20-15)13-5-2-1-3-6-13/h1-3,5-6,17,23H,4,7-12H2. The van der Waals surface area contributed by atoms with E-state index in [9.17, 15) is 8.78 Å². The van der Waals surface area contributed by atoms with E-state index in [4.69, 9.17) is 5.11 Å². The molecule has 1 aliphatic carbocycles. The Morgan fingerprint density at radius 2 is 2.00 bits per heavy atom. The zero-order valence-electron chi connectivity index (χ0n) is 13.0. The molecule has 0 spiro atoms. The van der Waals surface area contributed by atoms with Crippen LogP contribution in [0.3, 0.4) is 0 Å². The number of nitrogens with zero attached hydrogens (tertiary/aromatic N) is 3. The molecule has 0 radical (unpaired) electrons. The molecule has 1 heterocycles. The van der Waals surface area contributed by atoms with E-state index >= 15 is 0 Å². The van der Waals surface area contributed by atoms with Crippen LogP contribution in [-0.4, -0.2) is 45.9 Å². The van der Waals surface area contributed by atoms with Gasteiger partial charge in [0.05, 0.1) is 24.5 Å². The summed E-state index contributed by atoms with van der Waals surface area (Å²) in [5.74, 6) is 0. The van der Waals surface area contributed by atoms with Gasteiger partial charge < -0.3 is 5.11 Å². The second kappa shape index (κ2) is 7.19. The Morgan fingerprint density at radius 1 is 1.22 bits per heavy atom. The Kier molecular flexibility index (Phi) is 5.03. The number of halogens is 2. The van der Waals surface area contributed by atoms with Crippen molar-refractivity contribution in [3.05, 3.63) is 47.3 Å². The molecular weight excluding hydrogens is 300 g/mol.